The number of aromatic nitrogens is 3. The number of pyridine rings is 1. The summed E-state index contributed by atoms with van der Waals surface area (Å²) in [6.07, 6.45) is 5.59. The van der Waals surface area contributed by atoms with Crippen LogP contribution < -0.4 is 36.0 Å². The second-order valence-electron chi connectivity index (χ2n) is 15.5. The Morgan fingerprint density at radius 1 is 0.917 bits per heavy atom. The number of nitrogens with one attached hydrogen (secondary N) is 3. The van der Waals surface area contributed by atoms with Gasteiger partial charge in [-0.1, -0.05) is 18.5 Å². The van der Waals surface area contributed by atoms with Gasteiger partial charge in [0.2, 0.25) is 17.8 Å². The van der Waals surface area contributed by atoms with Gasteiger partial charge in [-0.3, -0.25) is 43.9 Å². The maximum atomic E-state index is 13.4. The Balaban J connectivity index is 0.872. The Labute approximate surface area is 351 Å². The van der Waals surface area contributed by atoms with Crippen LogP contribution in [0.3, 0.4) is 0 Å². The Kier molecular flexibility index (Phi) is 11.5. The molecule has 60 heavy (non-hydrogen) atoms. The van der Waals surface area contributed by atoms with Crippen molar-refractivity contribution in [3.8, 4) is 5.75 Å². The minimum absolute atomic E-state index is 0.0692. The fourth-order valence-corrected chi connectivity index (χ4v) is 9.05. The van der Waals surface area contributed by atoms with Crippen molar-refractivity contribution in [2.75, 3.05) is 61.5 Å². The summed E-state index contributed by atoms with van der Waals surface area (Å²) in [4.78, 5) is 92.8. The molecule has 4 aromatic rings. The van der Waals surface area contributed by atoms with Crippen molar-refractivity contribution in [3.63, 3.8) is 0 Å². The van der Waals surface area contributed by atoms with Gasteiger partial charge in [0.15, 0.2) is 18.2 Å². The third-order valence-corrected chi connectivity index (χ3v) is 12.4. The topological polar surface area (TPSA) is 191 Å². The number of fused-ring (bicyclic) bond motifs is 2. The van der Waals surface area contributed by atoms with E-state index in [0.29, 0.717) is 45.6 Å². The molecule has 18 heteroatoms. The number of carbonyl (C=O) groups is 5. The lowest BCUT2D eigenvalue weighted by Crippen LogP contribution is -2.54. The predicted octanol–water partition coefficient (Wildman–Crippen LogP) is 3.21. The number of imide groups is 2. The fourth-order valence-electron chi connectivity index (χ4n) is 8.91. The minimum Gasteiger partial charge on any atom is -0.478 e. The highest BCUT2D eigenvalue weighted by atomic mass is 35.5. The molecule has 8 rings (SSSR count). The molecule has 0 spiro atoms. The number of ether oxygens (including phenoxy) is 1. The third-order valence-electron chi connectivity index (χ3n) is 12.1. The van der Waals surface area contributed by atoms with E-state index >= 15 is 0 Å². The van der Waals surface area contributed by atoms with E-state index in [9.17, 15) is 28.8 Å². The lowest BCUT2D eigenvalue weighted by molar-refractivity contribution is -0.136. The van der Waals surface area contributed by atoms with E-state index in [-0.39, 0.29) is 42.2 Å². The van der Waals surface area contributed by atoms with Gasteiger partial charge in [0.1, 0.15) is 11.1 Å². The van der Waals surface area contributed by atoms with E-state index in [0.717, 1.165) is 74.4 Å². The van der Waals surface area contributed by atoms with Gasteiger partial charge in [0.25, 0.3) is 23.3 Å². The predicted molar refractivity (Wildman–Crippen MR) is 225 cm³/mol. The van der Waals surface area contributed by atoms with Crippen molar-refractivity contribution < 1.29 is 28.7 Å². The van der Waals surface area contributed by atoms with Crippen LogP contribution in [0.4, 0.5) is 23.1 Å². The summed E-state index contributed by atoms with van der Waals surface area (Å²) < 4.78 is 6.99. The molecule has 2 aromatic carbocycles. The van der Waals surface area contributed by atoms with Gasteiger partial charge in [0.05, 0.1) is 22.8 Å². The molecule has 17 nitrogen and oxygen atoms in total. The number of likely N-dealkylation sites (N-methyl/N-ethyl adjacent to an activating group) is 1. The molecular formula is C42H47ClN10O7. The van der Waals surface area contributed by atoms with Gasteiger partial charge in [-0.25, -0.2) is 4.98 Å². The van der Waals surface area contributed by atoms with Crippen LogP contribution >= 0.6 is 11.6 Å². The molecule has 4 aliphatic heterocycles. The molecule has 1 unspecified atom stereocenters. The Morgan fingerprint density at radius 3 is 2.30 bits per heavy atom. The quantitative estimate of drug-likeness (QED) is 0.187. The smallest absolute Gasteiger partial charge is 0.293 e. The van der Waals surface area contributed by atoms with Crippen molar-refractivity contribution in [2.45, 2.75) is 63.6 Å². The van der Waals surface area contributed by atoms with Crippen molar-refractivity contribution in [1.82, 2.24) is 35.0 Å². The first-order valence-electron chi connectivity index (χ1n) is 20.3. The highest BCUT2D eigenvalue weighted by Crippen LogP contribution is 2.34. The Hall–Kier alpha value is -6.07. The lowest BCUT2D eigenvalue weighted by Gasteiger charge is -2.45. The van der Waals surface area contributed by atoms with Gasteiger partial charge < -0.3 is 29.7 Å². The number of rotatable bonds is 11. The molecule has 4 aliphatic rings. The van der Waals surface area contributed by atoms with E-state index in [4.69, 9.17) is 21.3 Å². The van der Waals surface area contributed by atoms with Crippen molar-refractivity contribution in [1.29, 1.82) is 0 Å². The highest BCUT2D eigenvalue weighted by molar-refractivity contribution is 6.33. The largest absolute Gasteiger partial charge is 0.478 e. The molecule has 2 aromatic heterocycles. The lowest BCUT2D eigenvalue weighted by atomic mass is 9.96. The average Bonchev–Trinajstić information content (AvgIpc) is 3.50. The van der Waals surface area contributed by atoms with Gasteiger partial charge >= 0.3 is 0 Å². The van der Waals surface area contributed by atoms with Crippen LogP contribution in [0.1, 0.15) is 66.2 Å². The van der Waals surface area contributed by atoms with Crippen LogP contribution in [-0.4, -0.2) is 118 Å². The first-order valence-corrected chi connectivity index (χ1v) is 20.7. The third kappa shape index (κ3) is 7.86. The number of hydrogen-bond donors (Lipinski definition) is 3. The number of carbonyl (C=O) groups excluding carboxylic acids is 5. The number of aryl methyl sites for hydroxylation is 1. The van der Waals surface area contributed by atoms with Gasteiger partial charge in [0, 0.05) is 75.5 Å². The van der Waals surface area contributed by atoms with Crippen molar-refractivity contribution >= 4 is 75.2 Å². The number of benzene rings is 2. The molecule has 3 N–H and O–H groups in total. The molecule has 0 radical (unpaired) electrons. The van der Waals surface area contributed by atoms with Crippen LogP contribution in [0, 0.1) is 0 Å². The first-order chi connectivity index (χ1) is 28.9. The average molecular weight is 839 g/mol. The number of piperidine rings is 3. The van der Waals surface area contributed by atoms with E-state index in [2.05, 4.69) is 42.6 Å². The second-order valence-corrected chi connectivity index (χ2v) is 16.0. The Morgan fingerprint density at radius 2 is 1.62 bits per heavy atom. The van der Waals surface area contributed by atoms with Crippen LogP contribution in [0.5, 0.6) is 5.75 Å². The number of anilines is 4. The molecule has 3 saturated heterocycles. The van der Waals surface area contributed by atoms with Crippen LogP contribution in [-0.2, 0) is 21.4 Å². The number of nitrogens with zero attached hydrogens (tertiary/aromatic N) is 7. The van der Waals surface area contributed by atoms with Crippen molar-refractivity contribution in [2.24, 2.45) is 7.05 Å². The standard InChI is InChI=1S/C42H47ClN10O7/c1-4-52(26-11-15-50(16-12-26)28-6-7-29-30(21-28)40(58)53(39(29)57)33-9-10-35(54)47-38(33)56)27-13-17-51(18-14-27)42-45-22-31(43)37(48-42)46-25-5-8-32-24(19-25)20-34(41(59)49(32)3)60-23-36(55)44-2/h5-8,19-22,26-27,33H,4,9-18,23H2,1-3H3,(H,44,55)(H,45,46,48)(H,47,54,56). The molecule has 0 bridgehead atoms. The zero-order valence-electron chi connectivity index (χ0n) is 33.7. The van der Waals surface area contributed by atoms with E-state index in [1.807, 2.05) is 24.3 Å². The maximum Gasteiger partial charge on any atom is 0.293 e. The molecule has 314 valence electrons. The zero-order chi connectivity index (χ0) is 42.2. The van der Waals surface area contributed by atoms with Gasteiger partial charge in [-0.2, -0.15) is 4.98 Å². The molecular weight excluding hydrogens is 792 g/mol. The van der Waals surface area contributed by atoms with Crippen molar-refractivity contribution in [3.05, 3.63) is 75.2 Å². The van der Waals surface area contributed by atoms with Crippen LogP contribution in [0.2, 0.25) is 5.02 Å². The van der Waals surface area contributed by atoms with Gasteiger partial charge in [-0.05, 0) is 81.1 Å². The summed E-state index contributed by atoms with van der Waals surface area (Å²) in [6, 6.07) is 12.3. The molecule has 3 fully saturated rings. The molecule has 1 atom stereocenters. The molecule has 0 aliphatic carbocycles. The molecule has 5 amide bonds. The normalized spacial score (nSPS) is 18.9. The Bertz CT molecular complexity index is 2440. The molecule has 6 heterocycles. The highest BCUT2D eigenvalue weighted by Gasteiger charge is 2.45. The molecule has 0 saturated carbocycles. The number of halogens is 1. The summed E-state index contributed by atoms with van der Waals surface area (Å²) in [5.74, 6) is -1.25. The number of amides is 5. The first kappa shape index (κ1) is 40.7. The monoisotopic (exact) mass is 838 g/mol. The van der Waals surface area contributed by atoms with Crippen LogP contribution in [0.15, 0.2) is 53.5 Å². The summed E-state index contributed by atoms with van der Waals surface area (Å²) in [5, 5.41) is 9.13. The van der Waals surface area contributed by atoms with Gasteiger partial charge in [-0.15, -0.1) is 0 Å². The minimum atomic E-state index is -0.989. The summed E-state index contributed by atoms with van der Waals surface area (Å²) in [6.45, 7) is 6.02. The number of hydrogen-bond acceptors (Lipinski definition) is 13. The maximum absolute atomic E-state index is 13.4. The zero-order valence-corrected chi connectivity index (χ0v) is 34.5. The van der Waals surface area contributed by atoms with Crippen LogP contribution in [0.25, 0.3) is 10.9 Å². The van der Waals surface area contributed by atoms with E-state index < -0.39 is 29.7 Å². The SMILES string of the molecule is CCN(C1CCN(c2ccc3c(c2)C(=O)N(C2CCC(=O)NC2=O)C3=O)CC1)C1CCN(c2ncc(Cl)c(Nc3ccc4c(c3)cc(OCC(=O)NC)c(=O)n4C)n2)CC1. The second kappa shape index (κ2) is 16.9. The summed E-state index contributed by atoms with van der Waals surface area (Å²) >= 11 is 6.59. The fraction of sp³-hybridized carbons (Fsp3) is 0.429. The van der Waals surface area contributed by atoms with E-state index in [1.165, 1.54) is 11.6 Å². The van der Waals surface area contributed by atoms with E-state index in [1.54, 1.807) is 31.4 Å². The summed E-state index contributed by atoms with van der Waals surface area (Å²) in [7, 11) is 3.15. The summed E-state index contributed by atoms with van der Waals surface area (Å²) in [5.41, 5.74) is 2.50.